The Morgan fingerprint density at radius 3 is 2.30 bits per heavy atom. The quantitative estimate of drug-likeness (QED) is 0.627. The minimum Gasteiger partial charge on any atom is -0.598 e. The number of rotatable bonds is 6. The van der Waals surface area contributed by atoms with Crippen molar-refractivity contribution in [3.05, 3.63) is 35.4 Å². The van der Waals surface area contributed by atoms with Gasteiger partial charge in [-0.1, -0.05) is 0 Å². The molecule has 2 N–H and O–H groups in total. The van der Waals surface area contributed by atoms with Crippen LogP contribution in [0.2, 0.25) is 0 Å². The summed E-state index contributed by atoms with van der Waals surface area (Å²) >= 11 is -1.16. The number of hydrogen-bond acceptors (Lipinski definition) is 3. The fraction of sp³-hybridized carbons (Fsp3) is 0.571. The minimum atomic E-state index is -1.16. The monoisotopic (exact) mass is 305 g/mol. The molecule has 0 saturated heterocycles. The summed E-state index contributed by atoms with van der Waals surface area (Å²) in [6, 6.07) is 3.01. The lowest BCUT2D eigenvalue weighted by Gasteiger charge is -2.23. The van der Waals surface area contributed by atoms with Crippen molar-refractivity contribution < 1.29 is 18.4 Å². The van der Waals surface area contributed by atoms with E-state index in [9.17, 15) is 18.4 Å². The molecule has 0 aliphatic carbocycles. The van der Waals surface area contributed by atoms with Crippen molar-refractivity contribution in [2.45, 2.75) is 44.5 Å². The van der Waals surface area contributed by atoms with Crippen molar-refractivity contribution in [1.82, 2.24) is 4.72 Å². The summed E-state index contributed by atoms with van der Waals surface area (Å²) in [7, 11) is 0. The first-order chi connectivity index (χ1) is 9.20. The van der Waals surface area contributed by atoms with Crippen molar-refractivity contribution in [1.29, 1.82) is 0 Å². The maximum absolute atomic E-state index is 13.0. The van der Waals surface area contributed by atoms with Crippen LogP contribution in [0, 0.1) is 11.6 Å². The molecule has 6 heteroatoms. The van der Waals surface area contributed by atoms with Gasteiger partial charge in [-0.15, -0.1) is 4.72 Å². The molecule has 0 fully saturated rings. The first-order valence-electron chi connectivity index (χ1n) is 6.49. The predicted molar refractivity (Wildman–Crippen MR) is 76.4 cm³/mol. The Morgan fingerprint density at radius 1 is 1.25 bits per heavy atom. The van der Waals surface area contributed by atoms with Gasteiger partial charge in [0, 0.05) is 24.0 Å². The summed E-state index contributed by atoms with van der Waals surface area (Å²) in [6.07, 6.45) is -0.0247. The molecule has 0 amide bonds. The van der Waals surface area contributed by atoms with Gasteiger partial charge in [0.05, 0.1) is 6.10 Å². The molecule has 0 radical (unpaired) electrons. The van der Waals surface area contributed by atoms with Gasteiger partial charge in [-0.05, 0) is 51.3 Å². The summed E-state index contributed by atoms with van der Waals surface area (Å²) in [4.78, 5) is 0. The summed E-state index contributed by atoms with van der Waals surface area (Å²) in [6.45, 7) is 6.06. The van der Waals surface area contributed by atoms with Crippen LogP contribution in [0.25, 0.3) is 0 Å². The van der Waals surface area contributed by atoms with Gasteiger partial charge in [0.25, 0.3) is 0 Å². The molecule has 20 heavy (non-hydrogen) atoms. The lowest BCUT2D eigenvalue weighted by molar-refractivity contribution is 0.164. The standard InChI is InChI=1S/C14H21F2NO2S/c1-14(2,3)20(19)17-6-4-5-13(18)10-7-11(15)9-12(16)8-10/h7-9,13,17-18H,4-6H2,1-3H3/t13-,20+/m0/s1. The molecular weight excluding hydrogens is 284 g/mol. The topological polar surface area (TPSA) is 55.3 Å². The third-order valence-corrected chi connectivity index (χ3v) is 4.29. The van der Waals surface area contributed by atoms with Crippen molar-refractivity contribution in [2.75, 3.05) is 6.54 Å². The molecule has 2 atom stereocenters. The van der Waals surface area contributed by atoms with E-state index in [1.807, 2.05) is 20.8 Å². The Labute approximate surface area is 121 Å². The summed E-state index contributed by atoms with van der Waals surface area (Å²) in [5.41, 5.74) is 0.222. The van der Waals surface area contributed by atoms with Crippen LogP contribution in [-0.4, -0.2) is 21.0 Å². The number of hydrogen-bond donors (Lipinski definition) is 2. The van der Waals surface area contributed by atoms with Crippen molar-refractivity contribution in [3.63, 3.8) is 0 Å². The molecule has 0 spiro atoms. The number of halogens is 2. The van der Waals surface area contributed by atoms with Crippen LogP contribution in [0.5, 0.6) is 0 Å². The lowest BCUT2D eigenvalue weighted by Crippen LogP contribution is -2.39. The highest BCUT2D eigenvalue weighted by Crippen LogP contribution is 2.20. The van der Waals surface area contributed by atoms with Gasteiger partial charge < -0.3 is 9.66 Å². The van der Waals surface area contributed by atoms with E-state index in [0.717, 1.165) is 18.2 Å². The maximum atomic E-state index is 13.0. The van der Waals surface area contributed by atoms with E-state index in [4.69, 9.17) is 0 Å². The van der Waals surface area contributed by atoms with Gasteiger partial charge in [-0.25, -0.2) is 8.78 Å². The van der Waals surface area contributed by atoms with Gasteiger partial charge in [0.15, 0.2) is 0 Å². The lowest BCUT2D eigenvalue weighted by atomic mass is 10.0. The van der Waals surface area contributed by atoms with Crippen LogP contribution in [-0.2, 0) is 11.4 Å². The SMILES string of the molecule is CC(C)(C)[S@@+]([O-])NCCC[C@H](O)c1cc(F)cc(F)c1. The van der Waals surface area contributed by atoms with Crippen LogP contribution in [0.15, 0.2) is 18.2 Å². The second kappa shape index (κ2) is 7.36. The fourth-order valence-corrected chi connectivity index (χ4v) is 2.37. The molecule has 114 valence electrons. The molecule has 1 rings (SSSR count). The Morgan fingerprint density at radius 2 is 1.80 bits per heavy atom. The van der Waals surface area contributed by atoms with E-state index in [1.54, 1.807) is 0 Å². The molecule has 0 saturated carbocycles. The molecule has 0 aliphatic heterocycles. The Balaban J connectivity index is 2.38. The van der Waals surface area contributed by atoms with Gasteiger partial charge in [-0.3, -0.25) is 0 Å². The zero-order chi connectivity index (χ0) is 15.3. The fourth-order valence-electron chi connectivity index (χ4n) is 1.61. The van der Waals surface area contributed by atoms with Crippen LogP contribution >= 0.6 is 0 Å². The Bertz CT molecular complexity index is 417. The number of benzene rings is 1. The Kier molecular flexibility index (Phi) is 6.39. The zero-order valence-corrected chi connectivity index (χ0v) is 12.8. The normalized spacial score (nSPS) is 15.2. The maximum Gasteiger partial charge on any atom is 0.136 e. The highest BCUT2D eigenvalue weighted by molar-refractivity contribution is 7.90. The zero-order valence-electron chi connectivity index (χ0n) is 12.0. The summed E-state index contributed by atoms with van der Waals surface area (Å²) < 4.78 is 40.2. The van der Waals surface area contributed by atoms with Crippen molar-refractivity contribution >= 4 is 11.4 Å². The van der Waals surface area contributed by atoms with Crippen molar-refractivity contribution in [3.8, 4) is 0 Å². The molecule has 0 heterocycles. The van der Waals surface area contributed by atoms with Crippen LogP contribution < -0.4 is 4.72 Å². The number of aliphatic hydroxyl groups is 1. The van der Waals surface area contributed by atoms with E-state index < -0.39 is 29.1 Å². The summed E-state index contributed by atoms with van der Waals surface area (Å²) in [5.74, 6) is -1.41. The smallest absolute Gasteiger partial charge is 0.136 e. The second-order valence-corrected chi connectivity index (χ2v) is 7.69. The van der Waals surface area contributed by atoms with Crippen LogP contribution in [0.3, 0.4) is 0 Å². The third kappa shape index (κ3) is 5.75. The minimum absolute atomic E-state index is 0.222. The second-order valence-electron chi connectivity index (χ2n) is 5.64. The first kappa shape index (κ1) is 17.4. The van der Waals surface area contributed by atoms with Gasteiger partial charge in [0.1, 0.15) is 16.4 Å². The highest BCUT2D eigenvalue weighted by Gasteiger charge is 2.25. The third-order valence-electron chi connectivity index (χ3n) is 2.71. The molecule has 1 aromatic carbocycles. The number of aliphatic hydroxyl groups excluding tert-OH is 1. The molecule has 1 aromatic rings. The van der Waals surface area contributed by atoms with Gasteiger partial charge in [0.2, 0.25) is 0 Å². The van der Waals surface area contributed by atoms with Gasteiger partial charge in [-0.2, -0.15) is 0 Å². The average molecular weight is 305 g/mol. The van der Waals surface area contributed by atoms with Gasteiger partial charge >= 0.3 is 0 Å². The van der Waals surface area contributed by atoms with E-state index >= 15 is 0 Å². The first-order valence-corrected chi connectivity index (χ1v) is 7.64. The average Bonchev–Trinajstić information content (AvgIpc) is 2.31. The van der Waals surface area contributed by atoms with E-state index in [2.05, 4.69) is 4.72 Å². The molecular formula is C14H21F2NO2S. The van der Waals surface area contributed by atoms with E-state index in [0.29, 0.717) is 19.4 Å². The molecule has 0 bridgehead atoms. The largest absolute Gasteiger partial charge is 0.598 e. The van der Waals surface area contributed by atoms with E-state index in [-0.39, 0.29) is 10.3 Å². The molecule has 3 nitrogen and oxygen atoms in total. The molecule has 0 aromatic heterocycles. The van der Waals surface area contributed by atoms with E-state index in [1.165, 1.54) is 0 Å². The summed E-state index contributed by atoms with van der Waals surface area (Å²) in [5, 5.41) is 9.86. The van der Waals surface area contributed by atoms with Crippen LogP contribution in [0.1, 0.15) is 45.3 Å². The Hall–Kier alpha value is -0.690. The highest BCUT2D eigenvalue weighted by atomic mass is 32.2. The van der Waals surface area contributed by atoms with Crippen molar-refractivity contribution in [2.24, 2.45) is 0 Å². The predicted octanol–water partition coefficient (Wildman–Crippen LogP) is 2.83. The van der Waals surface area contributed by atoms with Crippen LogP contribution in [0.4, 0.5) is 8.78 Å². The molecule has 0 unspecified atom stereocenters. The number of nitrogens with one attached hydrogen (secondary N) is 1. The molecule has 0 aliphatic rings.